The molecule has 0 bridgehead atoms. The fourth-order valence-electron chi connectivity index (χ4n) is 3.96. The predicted molar refractivity (Wildman–Crippen MR) is 138 cm³/mol. The normalized spacial score (nSPS) is 12.7. The number of hydrogen-bond donors (Lipinski definition) is 0. The summed E-state index contributed by atoms with van der Waals surface area (Å²) in [5.74, 6) is 0.480. The molecule has 182 valence electrons. The number of methoxy groups -OCH3 is 3. The second-order valence-electron chi connectivity index (χ2n) is 7.65. The van der Waals surface area contributed by atoms with Gasteiger partial charge < -0.3 is 14.2 Å². The fraction of sp³-hybridized carbons (Fsp3) is 0.200. The van der Waals surface area contributed by atoms with Crippen LogP contribution in [-0.4, -0.2) is 33.1 Å². The minimum absolute atomic E-state index is 0.0532. The molecule has 10 heteroatoms. The minimum atomic E-state index is -0.611. The highest BCUT2D eigenvalue weighted by Gasteiger charge is 2.42. The topological polar surface area (TPSA) is 65.1 Å². The second-order valence-corrected chi connectivity index (χ2v) is 9.16. The number of rotatable bonds is 7. The molecule has 6 nitrogen and oxygen atoms in total. The number of nitrogens with zero attached hydrogens (tertiary/aromatic N) is 1. The average molecular weight is 555 g/mol. The molecule has 1 aliphatic heterocycles. The van der Waals surface area contributed by atoms with Crippen LogP contribution in [0, 0.1) is 0 Å². The molecule has 2 amide bonds. The number of benzene rings is 3. The van der Waals surface area contributed by atoms with Crippen LogP contribution in [0.5, 0.6) is 17.2 Å². The Kier molecular flexibility index (Phi) is 7.38. The van der Waals surface area contributed by atoms with E-state index >= 15 is 0 Å². The van der Waals surface area contributed by atoms with E-state index in [-0.39, 0.29) is 31.2 Å². The van der Waals surface area contributed by atoms with E-state index in [1.54, 1.807) is 33.5 Å². The Balaban J connectivity index is 1.55. The van der Waals surface area contributed by atoms with Crippen LogP contribution in [0.1, 0.15) is 31.8 Å². The molecule has 3 aromatic rings. The number of aryl methyl sites for hydroxylation is 2. The van der Waals surface area contributed by atoms with E-state index in [4.69, 9.17) is 60.6 Å². The van der Waals surface area contributed by atoms with Crippen molar-refractivity contribution in [1.29, 1.82) is 0 Å². The van der Waals surface area contributed by atoms with Gasteiger partial charge in [0.05, 0.1) is 58.2 Å². The molecule has 0 fully saturated rings. The molecule has 35 heavy (non-hydrogen) atoms. The number of anilines is 1. The highest BCUT2D eigenvalue weighted by molar-refractivity contribution is 6.56. The molecule has 0 saturated carbocycles. The predicted octanol–water partition coefficient (Wildman–Crippen LogP) is 6.91. The largest absolute Gasteiger partial charge is 0.493 e. The van der Waals surface area contributed by atoms with E-state index in [9.17, 15) is 9.59 Å². The first-order chi connectivity index (χ1) is 16.7. The van der Waals surface area contributed by atoms with Crippen LogP contribution in [0.15, 0.2) is 36.4 Å². The summed E-state index contributed by atoms with van der Waals surface area (Å²) in [7, 11) is 4.70. The van der Waals surface area contributed by atoms with Gasteiger partial charge in [-0.25, -0.2) is 4.90 Å². The molecular weight excluding hydrogens is 536 g/mol. The highest BCUT2D eigenvalue weighted by Crippen LogP contribution is 2.45. The Morgan fingerprint density at radius 1 is 0.657 bits per heavy atom. The van der Waals surface area contributed by atoms with Crippen molar-refractivity contribution in [3.8, 4) is 17.2 Å². The van der Waals surface area contributed by atoms with Crippen molar-refractivity contribution < 1.29 is 23.8 Å². The van der Waals surface area contributed by atoms with Crippen molar-refractivity contribution in [2.75, 3.05) is 26.2 Å². The summed E-state index contributed by atoms with van der Waals surface area (Å²) in [5.41, 5.74) is 2.28. The fourth-order valence-corrected chi connectivity index (χ4v) is 4.98. The van der Waals surface area contributed by atoms with Crippen LogP contribution in [0.4, 0.5) is 5.69 Å². The molecule has 1 aliphatic rings. The van der Waals surface area contributed by atoms with Gasteiger partial charge in [0.15, 0.2) is 11.5 Å². The van der Waals surface area contributed by atoms with Gasteiger partial charge in [-0.2, -0.15) is 0 Å². The van der Waals surface area contributed by atoms with Gasteiger partial charge in [0.2, 0.25) is 5.75 Å². The molecule has 0 aromatic heterocycles. The summed E-state index contributed by atoms with van der Waals surface area (Å²) < 4.78 is 16.2. The smallest absolute Gasteiger partial charge is 0.267 e. The maximum atomic E-state index is 13.0. The van der Waals surface area contributed by atoms with Gasteiger partial charge >= 0.3 is 0 Å². The van der Waals surface area contributed by atoms with E-state index in [0.717, 1.165) is 16.0 Å². The molecule has 3 aromatic carbocycles. The standard InChI is InChI=1S/C25H19Cl4NO5/c1-33-15-10-13(11-16(34-2)23(15)35-3)5-4-12-6-8-14(9-7-12)30-24(31)17-18(25(30)32)20(27)22(29)21(28)19(17)26/h6-11H,4-5H2,1-3H3. The number of ether oxygens (including phenoxy) is 3. The first-order valence-corrected chi connectivity index (χ1v) is 11.9. The SMILES string of the molecule is COc1cc(CCc2ccc(N3C(=O)c4c(Cl)c(Cl)c(Cl)c(Cl)c4C3=O)cc2)cc(OC)c1OC. The molecule has 0 spiro atoms. The number of carbonyl (C=O) groups is 2. The van der Waals surface area contributed by atoms with Crippen LogP contribution in [-0.2, 0) is 12.8 Å². The van der Waals surface area contributed by atoms with E-state index in [1.165, 1.54) is 0 Å². The number of hydrogen-bond acceptors (Lipinski definition) is 5. The summed E-state index contributed by atoms with van der Waals surface area (Å²) in [6.07, 6.45) is 1.40. The lowest BCUT2D eigenvalue weighted by atomic mass is 10.0. The lowest BCUT2D eigenvalue weighted by molar-refractivity contribution is 0.0926. The first-order valence-electron chi connectivity index (χ1n) is 10.4. The number of imide groups is 1. The van der Waals surface area contributed by atoms with Gasteiger partial charge in [-0.15, -0.1) is 0 Å². The van der Waals surface area contributed by atoms with Crippen LogP contribution >= 0.6 is 46.4 Å². The molecule has 1 heterocycles. The molecule has 0 unspecified atom stereocenters. The summed E-state index contributed by atoms with van der Waals surface area (Å²) >= 11 is 24.6. The third kappa shape index (κ3) is 4.40. The van der Waals surface area contributed by atoms with Crippen LogP contribution in [0.3, 0.4) is 0 Å². The van der Waals surface area contributed by atoms with Gasteiger partial charge in [-0.3, -0.25) is 9.59 Å². The molecule has 0 atom stereocenters. The van der Waals surface area contributed by atoms with Crippen molar-refractivity contribution in [1.82, 2.24) is 0 Å². The molecule has 0 radical (unpaired) electrons. The van der Waals surface area contributed by atoms with Gasteiger partial charge in [-0.05, 0) is 48.2 Å². The van der Waals surface area contributed by atoms with Crippen molar-refractivity contribution in [3.63, 3.8) is 0 Å². The lowest BCUT2D eigenvalue weighted by Crippen LogP contribution is -2.29. The summed E-state index contributed by atoms with van der Waals surface area (Å²) in [6, 6.07) is 10.9. The number of fused-ring (bicyclic) bond motifs is 1. The van der Waals surface area contributed by atoms with Crippen LogP contribution < -0.4 is 19.1 Å². The van der Waals surface area contributed by atoms with E-state index in [1.807, 2.05) is 24.3 Å². The maximum Gasteiger partial charge on any atom is 0.267 e. The molecule has 4 rings (SSSR count). The zero-order chi connectivity index (χ0) is 25.4. The lowest BCUT2D eigenvalue weighted by Gasteiger charge is -2.15. The Hall–Kier alpha value is -2.64. The van der Waals surface area contributed by atoms with Crippen molar-refractivity contribution in [3.05, 3.63) is 78.7 Å². The van der Waals surface area contributed by atoms with E-state index in [2.05, 4.69) is 0 Å². The molecule has 0 aliphatic carbocycles. The zero-order valence-corrected chi connectivity index (χ0v) is 21.9. The van der Waals surface area contributed by atoms with Crippen molar-refractivity contribution in [2.45, 2.75) is 12.8 Å². The first kappa shape index (κ1) is 25.5. The summed E-state index contributed by atoms with van der Waals surface area (Å²) in [6.45, 7) is 0. The molecule has 0 saturated heterocycles. The zero-order valence-electron chi connectivity index (χ0n) is 18.9. The highest BCUT2D eigenvalue weighted by atomic mass is 35.5. The number of halogens is 4. The monoisotopic (exact) mass is 553 g/mol. The van der Waals surface area contributed by atoms with Gasteiger partial charge in [-0.1, -0.05) is 58.5 Å². The summed E-state index contributed by atoms with van der Waals surface area (Å²) in [5, 5.41) is -0.331. The molecular formula is C25H19Cl4NO5. The Labute approximate surface area is 222 Å². The summed E-state index contributed by atoms with van der Waals surface area (Å²) in [4.78, 5) is 27.1. The quantitative estimate of drug-likeness (QED) is 0.180. The van der Waals surface area contributed by atoms with Crippen molar-refractivity contribution >= 4 is 63.9 Å². The number of amides is 2. The number of carbonyl (C=O) groups excluding carboxylic acids is 2. The second kappa shape index (κ2) is 10.2. The van der Waals surface area contributed by atoms with Crippen molar-refractivity contribution in [2.24, 2.45) is 0 Å². The minimum Gasteiger partial charge on any atom is -0.493 e. The Morgan fingerprint density at radius 3 is 1.54 bits per heavy atom. The van der Waals surface area contributed by atoms with E-state index in [0.29, 0.717) is 35.8 Å². The van der Waals surface area contributed by atoms with Gasteiger partial charge in [0, 0.05) is 0 Å². The Morgan fingerprint density at radius 2 is 1.11 bits per heavy atom. The third-order valence-electron chi connectivity index (χ3n) is 5.72. The molecule has 0 N–H and O–H groups in total. The average Bonchev–Trinajstić information content (AvgIpc) is 3.14. The third-order valence-corrected chi connectivity index (χ3v) is 7.52. The maximum absolute atomic E-state index is 13.0. The van der Waals surface area contributed by atoms with Crippen LogP contribution in [0.25, 0.3) is 0 Å². The van der Waals surface area contributed by atoms with E-state index < -0.39 is 11.8 Å². The Bertz CT molecular complexity index is 1270. The van der Waals surface area contributed by atoms with Gasteiger partial charge in [0.25, 0.3) is 11.8 Å². The van der Waals surface area contributed by atoms with Gasteiger partial charge in [0.1, 0.15) is 0 Å². The van der Waals surface area contributed by atoms with Crippen LogP contribution in [0.2, 0.25) is 20.1 Å².